The Balaban J connectivity index is 2.50. The molecule has 1 fully saturated rings. The molecule has 0 bridgehead atoms. The summed E-state index contributed by atoms with van der Waals surface area (Å²) in [5, 5.41) is 3.16. The minimum atomic E-state index is -3.38. The normalized spacial score (nSPS) is 23.1. The summed E-state index contributed by atoms with van der Waals surface area (Å²) in [5.74, 6) is -0.239. The Labute approximate surface area is 109 Å². The van der Waals surface area contributed by atoms with Crippen molar-refractivity contribution in [3.05, 3.63) is 0 Å². The maximum Gasteiger partial charge on any atom is 0.215 e. The largest absolute Gasteiger partial charge is 0.312 e. The predicted octanol–water partition coefficient (Wildman–Crippen LogP) is -1.45. The number of hydrogen-bond donors (Lipinski definition) is 2. The van der Waals surface area contributed by atoms with Crippen LogP contribution >= 0.6 is 0 Å². The third-order valence-corrected chi connectivity index (χ3v) is 6.03. The lowest BCUT2D eigenvalue weighted by Gasteiger charge is -2.31. The monoisotopic (exact) mass is 299 g/mol. The average Bonchev–Trinajstić information content (AvgIpc) is 2.28. The molecule has 0 aromatic carbocycles. The van der Waals surface area contributed by atoms with Gasteiger partial charge in [-0.3, -0.25) is 0 Å². The molecule has 1 heterocycles. The van der Waals surface area contributed by atoms with Crippen LogP contribution in [0.15, 0.2) is 0 Å². The van der Waals surface area contributed by atoms with Crippen LogP contribution in [0.3, 0.4) is 0 Å². The molecule has 7 nitrogen and oxygen atoms in total. The van der Waals surface area contributed by atoms with E-state index >= 15 is 0 Å². The molecular weight excluding hydrogens is 278 g/mol. The summed E-state index contributed by atoms with van der Waals surface area (Å²) < 4.78 is 50.0. The first-order chi connectivity index (χ1) is 8.27. The molecule has 1 atom stereocenters. The molecule has 18 heavy (non-hydrogen) atoms. The Morgan fingerprint density at radius 3 is 2.56 bits per heavy atom. The van der Waals surface area contributed by atoms with Crippen LogP contribution in [0, 0.1) is 0 Å². The van der Waals surface area contributed by atoms with Gasteiger partial charge in [0.1, 0.15) is 0 Å². The SMILES string of the molecule is CCS(=O)(=O)NCCS(=O)(=O)N1CCNC(C)C1. The van der Waals surface area contributed by atoms with Gasteiger partial charge in [-0.1, -0.05) is 0 Å². The summed E-state index contributed by atoms with van der Waals surface area (Å²) in [5.41, 5.74) is 0. The van der Waals surface area contributed by atoms with Crippen molar-refractivity contribution < 1.29 is 16.8 Å². The van der Waals surface area contributed by atoms with Gasteiger partial charge in [0.25, 0.3) is 0 Å². The number of sulfonamides is 2. The highest BCUT2D eigenvalue weighted by Crippen LogP contribution is 2.06. The van der Waals surface area contributed by atoms with E-state index in [0.29, 0.717) is 19.6 Å². The zero-order valence-corrected chi connectivity index (χ0v) is 12.3. The molecule has 0 amide bonds. The standard InChI is InChI=1S/C9H21N3O4S2/c1-3-17(13,14)11-5-7-18(15,16)12-6-4-10-9(2)8-12/h9-11H,3-8H2,1-2H3. The van der Waals surface area contributed by atoms with E-state index in [9.17, 15) is 16.8 Å². The molecule has 0 spiro atoms. The quantitative estimate of drug-likeness (QED) is 0.625. The molecule has 0 aliphatic carbocycles. The number of nitrogens with zero attached hydrogens (tertiary/aromatic N) is 1. The van der Waals surface area contributed by atoms with Gasteiger partial charge in [0.05, 0.1) is 11.5 Å². The smallest absolute Gasteiger partial charge is 0.215 e. The maximum absolute atomic E-state index is 12.0. The van der Waals surface area contributed by atoms with Gasteiger partial charge in [0.15, 0.2) is 0 Å². The van der Waals surface area contributed by atoms with Gasteiger partial charge in [0, 0.05) is 32.2 Å². The third-order valence-electron chi connectivity index (χ3n) is 2.79. The lowest BCUT2D eigenvalue weighted by molar-refractivity contribution is 0.310. The maximum atomic E-state index is 12.0. The van der Waals surface area contributed by atoms with Crippen LogP contribution in [0.1, 0.15) is 13.8 Å². The van der Waals surface area contributed by atoms with Crippen molar-refractivity contribution in [2.24, 2.45) is 0 Å². The highest BCUT2D eigenvalue weighted by molar-refractivity contribution is 7.90. The molecule has 1 saturated heterocycles. The average molecular weight is 299 g/mol. The summed E-state index contributed by atoms with van der Waals surface area (Å²) in [6.07, 6.45) is 0. The fourth-order valence-electron chi connectivity index (χ4n) is 1.71. The Morgan fingerprint density at radius 1 is 1.33 bits per heavy atom. The molecule has 0 saturated carbocycles. The molecule has 9 heteroatoms. The lowest BCUT2D eigenvalue weighted by Crippen LogP contribution is -2.52. The van der Waals surface area contributed by atoms with Crippen LogP contribution in [0.2, 0.25) is 0 Å². The summed E-state index contributed by atoms with van der Waals surface area (Å²) in [6, 6.07) is 0.126. The first-order valence-electron chi connectivity index (χ1n) is 5.95. The minimum Gasteiger partial charge on any atom is -0.312 e. The highest BCUT2D eigenvalue weighted by Gasteiger charge is 2.26. The van der Waals surface area contributed by atoms with Crippen LogP contribution in [0.4, 0.5) is 0 Å². The summed E-state index contributed by atoms with van der Waals surface area (Å²) in [6.45, 7) is 4.85. The number of piperazine rings is 1. The van der Waals surface area contributed by atoms with Crippen molar-refractivity contribution in [3.8, 4) is 0 Å². The Kier molecular flexibility index (Phi) is 5.53. The zero-order valence-electron chi connectivity index (χ0n) is 10.7. The fraction of sp³-hybridized carbons (Fsp3) is 1.00. The first kappa shape index (κ1) is 15.8. The first-order valence-corrected chi connectivity index (χ1v) is 9.21. The van der Waals surface area contributed by atoms with Crippen molar-refractivity contribution >= 4 is 20.0 Å². The van der Waals surface area contributed by atoms with E-state index in [2.05, 4.69) is 10.0 Å². The second-order valence-electron chi connectivity index (χ2n) is 4.33. The van der Waals surface area contributed by atoms with E-state index in [1.807, 2.05) is 6.92 Å². The van der Waals surface area contributed by atoms with Crippen LogP contribution in [0.5, 0.6) is 0 Å². The van der Waals surface area contributed by atoms with Crippen LogP contribution < -0.4 is 10.0 Å². The highest BCUT2D eigenvalue weighted by atomic mass is 32.2. The van der Waals surface area contributed by atoms with Crippen LogP contribution in [-0.4, -0.2) is 64.9 Å². The van der Waals surface area contributed by atoms with Crippen molar-refractivity contribution in [1.82, 2.24) is 14.3 Å². The van der Waals surface area contributed by atoms with E-state index < -0.39 is 20.0 Å². The minimum absolute atomic E-state index is 0.0439. The number of nitrogens with one attached hydrogen (secondary N) is 2. The topological polar surface area (TPSA) is 95.6 Å². The molecule has 2 N–H and O–H groups in total. The Bertz CT molecular complexity index is 460. The van der Waals surface area contributed by atoms with Crippen molar-refractivity contribution in [1.29, 1.82) is 0 Å². The van der Waals surface area contributed by atoms with Crippen molar-refractivity contribution in [2.75, 3.05) is 37.7 Å². The summed E-state index contributed by atoms with van der Waals surface area (Å²) >= 11 is 0. The van der Waals surface area contributed by atoms with Gasteiger partial charge in [-0.15, -0.1) is 0 Å². The summed E-state index contributed by atoms with van der Waals surface area (Å²) in [4.78, 5) is 0. The summed E-state index contributed by atoms with van der Waals surface area (Å²) in [7, 11) is -6.71. The van der Waals surface area contributed by atoms with E-state index in [1.54, 1.807) is 0 Å². The molecule has 0 aromatic rings. The van der Waals surface area contributed by atoms with E-state index in [0.717, 1.165) is 0 Å². The van der Waals surface area contributed by atoms with Gasteiger partial charge in [-0.05, 0) is 13.8 Å². The van der Waals surface area contributed by atoms with Crippen LogP contribution in [-0.2, 0) is 20.0 Å². The van der Waals surface area contributed by atoms with Gasteiger partial charge in [-0.2, -0.15) is 4.31 Å². The molecule has 1 unspecified atom stereocenters. The predicted molar refractivity (Wildman–Crippen MR) is 70.3 cm³/mol. The van der Waals surface area contributed by atoms with Crippen molar-refractivity contribution in [3.63, 3.8) is 0 Å². The molecule has 108 valence electrons. The van der Waals surface area contributed by atoms with Crippen LogP contribution in [0.25, 0.3) is 0 Å². The molecule has 1 aliphatic heterocycles. The number of rotatable bonds is 6. The zero-order chi connectivity index (χ0) is 13.8. The van der Waals surface area contributed by atoms with E-state index in [4.69, 9.17) is 0 Å². The van der Waals surface area contributed by atoms with E-state index in [-0.39, 0.29) is 24.1 Å². The fourth-order valence-corrected chi connectivity index (χ4v) is 3.89. The van der Waals surface area contributed by atoms with Gasteiger partial charge in [-0.25, -0.2) is 21.6 Å². The Morgan fingerprint density at radius 2 is 2.00 bits per heavy atom. The van der Waals surface area contributed by atoms with Crippen molar-refractivity contribution in [2.45, 2.75) is 19.9 Å². The molecule has 0 aromatic heterocycles. The molecule has 1 aliphatic rings. The Hall–Kier alpha value is -0.220. The second-order valence-corrected chi connectivity index (χ2v) is 8.51. The number of hydrogen-bond acceptors (Lipinski definition) is 5. The van der Waals surface area contributed by atoms with E-state index in [1.165, 1.54) is 11.2 Å². The van der Waals surface area contributed by atoms with Gasteiger partial charge in [0.2, 0.25) is 20.0 Å². The lowest BCUT2D eigenvalue weighted by atomic mass is 10.3. The molecule has 1 rings (SSSR count). The molecular formula is C9H21N3O4S2. The van der Waals surface area contributed by atoms with Gasteiger partial charge >= 0.3 is 0 Å². The van der Waals surface area contributed by atoms with Gasteiger partial charge < -0.3 is 5.32 Å². The molecule has 0 radical (unpaired) electrons. The third kappa shape index (κ3) is 4.81. The second kappa shape index (κ2) is 6.29.